The molecule has 6 rings (SSSR count). The first-order valence-electron chi connectivity index (χ1n) is 16.1. The maximum Gasteiger partial charge on any atom is 0.513 e. The van der Waals surface area contributed by atoms with Gasteiger partial charge in [-0.3, -0.25) is 0 Å². The SMILES string of the molecule is CCC(=C(c1ccc(OCCNCCO)cc1)c1ccc(OC(=O)OCC2c3ccccc3-c3ccccc32)cc1)c1ccccc1. The first-order valence-corrected chi connectivity index (χ1v) is 16.1. The number of hydrogen-bond donors (Lipinski definition) is 2. The molecule has 0 fully saturated rings. The number of fused-ring (bicyclic) bond motifs is 3. The Labute approximate surface area is 276 Å². The molecule has 2 N–H and O–H groups in total. The van der Waals surface area contributed by atoms with Crippen molar-refractivity contribution in [1.82, 2.24) is 5.32 Å². The van der Waals surface area contributed by atoms with Crippen LogP contribution >= 0.6 is 0 Å². The Kier molecular flexibility index (Phi) is 10.4. The van der Waals surface area contributed by atoms with Crippen molar-refractivity contribution in [2.45, 2.75) is 19.3 Å². The minimum absolute atomic E-state index is 0.0322. The molecular formula is C41H39NO5. The van der Waals surface area contributed by atoms with Gasteiger partial charge in [0.1, 0.15) is 24.7 Å². The number of aliphatic hydroxyl groups excluding tert-OH is 1. The van der Waals surface area contributed by atoms with E-state index in [1.807, 2.05) is 66.7 Å². The van der Waals surface area contributed by atoms with Crippen molar-refractivity contribution >= 4 is 17.3 Å². The highest BCUT2D eigenvalue weighted by molar-refractivity contribution is 5.98. The van der Waals surface area contributed by atoms with Gasteiger partial charge in [0.2, 0.25) is 0 Å². The molecule has 0 heterocycles. The molecule has 1 aliphatic carbocycles. The summed E-state index contributed by atoms with van der Waals surface area (Å²) >= 11 is 0. The molecule has 47 heavy (non-hydrogen) atoms. The summed E-state index contributed by atoms with van der Waals surface area (Å²) in [5, 5.41) is 12.1. The Bertz CT molecular complexity index is 1770. The minimum atomic E-state index is -0.726. The molecule has 0 aromatic heterocycles. The number of aliphatic hydroxyl groups is 1. The standard InChI is InChI=1S/C41H39NO5/c1-2-34(29-10-4-3-5-11-29)40(30-16-20-32(21-17-30)45-27-25-42-24-26-43)31-18-22-33(23-19-31)47-41(44)46-28-39-37-14-8-6-12-35(37)36-13-7-9-15-38(36)39/h3-23,39,42-43H,2,24-28H2,1H3. The smallest absolute Gasteiger partial charge is 0.492 e. The maximum absolute atomic E-state index is 12.9. The first-order chi connectivity index (χ1) is 23.2. The summed E-state index contributed by atoms with van der Waals surface area (Å²) < 4.78 is 17.2. The van der Waals surface area contributed by atoms with Gasteiger partial charge < -0.3 is 24.6 Å². The highest BCUT2D eigenvalue weighted by Crippen LogP contribution is 2.44. The van der Waals surface area contributed by atoms with Crippen molar-refractivity contribution in [1.29, 1.82) is 0 Å². The van der Waals surface area contributed by atoms with Gasteiger partial charge in [0.15, 0.2) is 0 Å². The number of carbonyl (C=O) groups is 1. The number of nitrogens with one attached hydrogen (secondary N) is 1. The predicted octanol–water partition coefficient (Wildman–Crippen LogP) is 8.34. The Morgan fingerprint density at radius 3 is 1.85 bits per heavy atom. The van der Waals surface area contributed by atoms with Gasteiger partial charge in [0, 0.05) is 19.0 Å². The van der Waals surface area contributed by atoms with E-state index in [0.717, 1.165) is 45.6 Å². The molecule has 5 aromatic rings. The average Bonchev–Trinajstić information content (AvgIpc) is 3.44. The molecule has 6 nitrogen and oxygen atoms in total. The fourth-order valence-electron chi connectivity index (χ4n) is 6.25. The van der Waals surface area contributed by atoms with Gasteiger partial charge in [-0.05, 0) is 80.8 Å². The largest absolute Gasteiger partial charge is 0.513 e. The molecule has 0 bridgehead atoms. The van der Waals surface area contributed by atoms with Crippen LogP contribution in [0.25, 0.3) is 22.3 Å². The molecule has 0 radical (unpaired) electrons. The first kappa shape index (κ1) is 31.8. The van der Waals surface area contributed by atoms with E-state index < -0.39 is 6.16 Å². The van der Waals surface area contributed by atoms with Crippen LogP contribution in [0.4, 0.5) is 4.79 Å². The van der Waals surface area contributed by atoms with E-state index in [9.17, 15) is 4.79 Å². The van der Waals surface area contributed by atoms with Crippen molar-refractivity contribution in [2.24, 2.45) is 0 Å². The summed E-state index contributed by atoms with van der Waals surface area (Å²) in [6.07, 6.45) is 0.0997. The van der Waals surface area contributed by atoms with E-state index >= 15 is 0 Å². The molecule has 1 aliphatic rings. The molecule has 0 spiro atoms. The summed E-state index contributed by atoms with van der Waals surface area (Å²) in [7, 11) is 0. The van der Waals surface area contributed by atoms with Crippen molar-refractivity contribution in [2.75, 3.05) is 32.9 Å². The van der Waals surface area contributed by atoms with Crippen LogP contribution in [0.15, 0.2) is 127 Å². The van der Waals surface area contributed by atoms with E-state index in [1.165, 1.54) is 16.7 Å². The lowest BCUT2D eigenvalue weighted by molar-refractivity contribution is 0.0965. The summed E-state index contributed by atoms with van der Waals surface area (Å²) in [6.45, 7) is 4.18. The van der Waals surface area contributed by atoms with Gasteiger partial charge in [-0.2, -0.15) is 0 Å². The second-order valence-corrected chi connectivity index (χ2v) is 11.3. The fraction of sp³-hybridized carbons (Fsp3) is 0.195. The highest BCUT2D eigenvalue weighted by atomic mass is 16.7. The predicted molar refractivity (Wildman–Crippen MR) is 187 cm³/mol. The van der Waals surface area contributed by atoms with E-state index in [1.54, 1.807) is 0 Å². The van der Waals surface area contributed by atoms with Crippen LogP contribution in [0.5, 0.6) is 11.5 Å². The number of allylic oxidation sites excluding steroid dienone is 1. The highest BCUT2D eigenvalue weighted by Gasteiger charge is 2.29. The molecular weight excluding hydrogens is 586 g/mol. The zero-order valence-corrected chi connectivity index (χ0v) is 26.5. The van der Waals surface area contributed by atoms with Crippen LogP contribution in [0.1, 0.15) is 47.1 Å². The zero-order chi connectivity index (χ0) is 32.4. The lowest BCUT2D eigenvalue weighted by Gasteiger charge is -2.17. The van der Waals surface area contributed by atoms with Crippen LogP contribution in [0, 0.1) is 0 Å². The molecule has 0 saturated heterocycles. The van der Waals surface area contributed by atoms with Crippen LogP contribution in [-0.2, 0) is 4.74 Å². The van der Waals surface area contributed by atoms with Crippen LogP contribution in [0.2, 0.25) is 0 Å². The van der Waals surface area contributed by atoms with E-state index in [0.29, 0.717) is 25.4 Å². The monoisotopic (exact) mass is 625 g/mol. The van der Waals surface area contributed by atoms with E-state index in [2.05, 4.69) is 72.9 Å². The Morgan fingerprint density at radius 1 is 0.681 bits per heavy atom. The van der Waals surface area contributed by atoms with Crippen molar-refractivity contribution < 1.29 is 24.1 Å². The van der Waals surface area contributed by atoms with Crippen molar-refractivity contribution in [3.05, 3.63) is 155 Å². The lowest BCUT2D eigenvalue weighted by Crippen LogP contribution is -2.23. The normalized spacial score (nSPS) is 12.6. The number of ether oxygens (including phenoxy) is 3. The van der Waals surface area contributed by atoms with Gasteiger partial charge >= 0.3 is 6.16 Å². The molecule has 6 heteroatoms. The number of hydrogen-bond acceptors (Lipinski definition) is 6. The van der Waals surface area contributed by atoms with Gasteiger partial charge in [0.05, 0.1) is 6.61 Å². The number of carbonyl (C=O) groups excluding carboxylic acids is 1. The molecule has 5 aromatic carbocycles. The minimum Gasteiger partial charge on any atom is -0.492 e. The summed E-state index contributed by atoms with van der Waals surface area (Å²) in [4.78, 5) is 12.9. The van der Waals surface area contributed by atoms with Crippen LogP contribution in [-0.4, -0.2) is 44.2 Å². The lowest BCUT2D eigenvalue weighted by atomic mass is 9.88. The number of benzene rings is 5. The fourth-order valence-corrected chi connectivity index (χ4v) is 6.25. The third kappa shape index (κ3) is 7.46. The molecule has 238 valence electrons. The second-order valence-electron chi connectivity index (χ2n) is 11.3. The Balaban J connectivity index is 1.18. The third-order valence-electron chi connectivity index (χ3n) is 8.43. The molecule has 0 atom stereocenters. The third-order valence-corrected chi connectivity index (χ3v) is 8.43. The maximum atomic E-state index is 12.9. The second kappa shape index (κ2) is 15.4. The summed E-state index contributed by atoms with van der Waals surface area (Å²) in [6, 6.07) is 42.6. The topological polar surface area (TPSA) is 77.0 Å². The van der Waals surface area contributed by atoms with Crippen molar-refractivity contribution in [3.63, 3.8) is 0 Å². The Hall–Kier alpha value is -5.17. The summed E-state index contributed by atoms with van der Waals surface area (Å²) in [5.74, 6) is 1.17. The molecule has 0 amide bonds. The van der Waals surface area contributed by atoms with Crippen LogP contribution in [0.3, 0.4) is 0 Å². The van der Waals surface area contributed by atoms with Crippen LogP contribution < -0.4 is 14.8 Å². The molecule has 0 aliphatic heterocycles. The summed E-state index contributed by atoms with van der Waals surface area (Å²) in [5.41, 5.74) is 10.2. The van der Waals surface area contributed by atoms with Crippen molar-refractivity contribution in [3.8, 4) is 22.6 Å². The molecule has 0 saturated carbocycles. The van der Waals surface area contributed by atoms with Gasteiger partial charge in [-0.15, -0.1) is 0 Å². The quantitative estimate of drug-likeness (QED) is 0.0593. The number of rotatable bonds is 13. The van der Waals surface area contributed by atoms with Gasteiger partial charge in [-0.25, -0.2) is 4.79 Å². The molecule has 0 unspecified atom stereocenters. The zero-order valence-electron chi connectivity index (χ0n) is 26.5. The van der Waals surface area contributed by atoms with E-state index in [-0.39, 0.29) is 19.1 Å². The average molecular weight is 626 g/mol. The van der Waals surface area contributed by atoms with E-state index in [4.69, 9.17) is 19.3 Å². The Morgan fingerprint density at radius 2 is 1.26 bits per heavy atom. The van der Waals surface area contributed by atoms with Gasteiger partial charge in [-0.1, -0.05) is 110 Å². The van der Waals surface area contributed by atoms with Gasteiger partial charge in [0.25, 0.3) is 0 Å².